The Morgan fingerprint density at radius 3 is 2.54 bits per heavy atom. The van der Waals surface area contributed by atoms with Gasteiger partial charge in [0.05, 0.1) is 11.6 Å². The Morgan fingerprint density at radius 1 is 1.38 bits per heavy atom. The Kier molecular flexibility index (Phi) is 4.48. The van der Waals surface area contributed by atoms with E-state index >= 15 is 0 Å². The van der Waals surface area contributed by atoms with E-state index < -0.39 is 35.0 Å². The number of hydrogen-bond donors (Lipinski definition) is 2. The van der Waals surface area contributed by atoms with Gasteiger partial charge in [-0.15, -0.1) is 0 Å². The molecule has 0 aromatic rings. The predicted octanol–water partition coefficient (Wildman–Crippen LogP) is 1.61. The molecular weight excluding hydrogens is 308 g/mol. The van der Waals surface area contributed by atoms with Crippen molar-refractivity contribution < 1.29 is 14.4 Å². The maximum atomic E-state index is 12.8. The Hall–Kier alpha value is -2.31. The number of imide groups is 1. The number of carbonyl (C=O) groups is 3. The third-order valence-electron chi connectivity index (χ3n) is 4.75. The summed E-state index contributed by atoms with van der Waals surface area (Å²) in [4.78, 5) is 40.0. The third kappa shape index (κ3) is 2.90. The van der Waals surface area contributed by atoms with Crippen LogP contribution in [0.4, 0.5) is 9.59 Å². The van der Waals surface area contributed by atoms with Crippen LogP contribution in [0.3, 0.4) is 0 Å². The molecule has 2 rings (SSSR count). The number of amides is 5. The summed E-state index contributed by atoms with van der Waals surface area (Å²) >= 11 is 0. The molecule has 3 N–H and O–H groups in total. The van der Waals surface area contributed by atoms with E-state index in [1.807, 2.05) is 52.0 Å². The fourth-order valence-electron chi connectivity index (χ4n) is 3.37. The van der Waals surface area contributed by atoms with E-state index in [0.717, 1.165) is 0 Å². The molecule has 1 aliphatic heterocycles. The monoisotopic (exact) mass is 334 g/mol. The van der Waals surface area contributed by atoms with Crippen LogP contribution in [0.1, 0.15) is 34.1 Å². The smallest absolute Gasteiger partial charge is 0.329 e. The van der Waals surface area contributed by atoms with Crippen molar-refractivity contribution in [2.24, 2.45) is 11.1 Å². The molecule has 1 aliphatic carbocycles. The lowest BCUT2D eigenvalue weighted by Gasteiger charge is -2.36. The van der Waals surface area contributed by atoms with Gasteiger partial charge in [-0.1, -0.05) is 45.1 Å². The van der Waals surface area contributed by atoms with E-state index in [4.69, 9.17) is 5.73 Å². The van der Waals surface area contributed by atoms with E-state index in [1.165, 1.54) is 4.90 Å². The molecule has 132 valence electrons. The normalized spacial score (nSPS) is 27.7. The minimum atomic E-state index is -0.873. The Bertz CT molecular complexity index is 620. The number of allylic oxidation sites excluding steroid dienone is 2. The summed E-state index contributed by atoms with van der Waals surface area (Å²) in [7, 11) is 1.67. The second-order valence-electron chi connectivity index (χ2n) is 7.70. The molecule has 1 saturated heterocycles. The van der Waals surface area contributed by atoms with Crippen molar-refractivity contribution in [3.8, 4) is 0 Å². The van der Waals surface area contributed by atoms with Gasteiger partial charge in [0.15, 0.2) is 0 Å². The van der Waals surface area contributed by atoms with Crippen molar-refractivity contribution in [2.45, 2.75) is 51.7 Å². The van der Waals surface area contributed by atoms with Gasteiger partial charge in [0.1, 0.15) is 6.04 Å². The van der Waals surface area contributed by atoms with Crippen LogP contribution in [-0.2, 0) is 4.79 Å². The summed E-state index contributed by atoms with van der Waals surface area (Å²) in [5.74, 6) is -0.627. The van der Waals surface area contributed by atoms with Gasteiger partial charge in [-0.3, -0.25) is 4.79 Å². The summed E-state index contributed by atoms with van der Waals surface area (Å²) in [6.07, 6.45) is 8.15. The molecule has 0 aromatic carbocycles. The second kappa shape index (κ2) is 5.96. The van der Waals surface area contributed by atoms with Crippen LogP contribution in [-0.4, -0.2) is 52.4 Å². The molecule has 7 nitrogen and oxygen atoms in total. The standard InChI is InChI=1S/C17H26N4O3/c1-16(2,3)12(13(18)22)19-14(23)21-15(24)20(5)11-9-7-6-8-10-17(11,21)4/h6-9,11-12H,10H2,1-5H3,(H2,18,22)(H,19,23)/t11?,12-,17?/m1/s1. The highest BCUT2D eigenvalue weighted by molar-refractivity contribution is 5.98. The van der Waals surface area contributed by atoms with Crippen molar-refractivity contribution in [3.63, 3.8) is 0 Å². The van der Waals surface area contributed by atoms with Crippen LogP contribution < -0.4 is 11.1 Å². The quantitative estimate of drug-likeness (QED) is 0.803. The molecule has 5 amide bonds. The van der Waals surface area contributed by atoms with Crippen molar-refractivity contribution in [2.75, 3.05) is 7.05 Å². The average Bonchev–Trinajstić information content (AvgIpc) is 2.58. The minimum Gasteiger partial charge on any atom is -0.368 e. The first-order valence-electron chi connectivity index (χ1n) is 8.00. The molecule has 2 aliphatic rings. The van der Waals surface area contributed by atoms with E-state index in [9.17, 15) is 14.4 Å². The number of urea groups is 2. The van der Waals surface area contributed by atoms with Crippen LogP contribution in [0.15, 0.2) is 24.3 Å². The minimum absolute atomic E-state index is 0.229. The molecule has 0 aromatic heterocycles. The van der Waals surface area contributed by atoms with Crippen LogP contribution in [0.25, 0.3) is 0 Å². The summed E-state index contributed by atoms with van der Waals surface area (Å²) in [5.41, 5.74) is 4.15. The number of carbonyl (C=O) groups excluding carboxylic acids is 3. The number of hydrogen-bond acceptors (Lipinski definition) is 3. The first-order valence-corrected chi connectivity index (χ1v) is 8.00. The topological polar surface area (TPSA) is 95.7 Å². The molecule has 0 bridgehead atoms. The van der Waals surface area contributed by atoms with Gasteiger partial charge in [-0.25, -0.2) is 14.5 Å². The van der Waals surface area contributed by atoms with Gasteiger partial charge < -0.3 is 16.0 Å². The highest BCUT2D eigenvalue weighted by Crippen LogP contribution is 2.37. The fraction of sp³-hybridized carbons (Fsp3) is 0.588. The Balaban J connectivity index is 2.34. The maximum Gasteiger partial charge on any atom is 0.329 e. The van der Waals surface area contributed by atoms with E-state index in [2.05, 4.69) is 5.32 Å². The third-order valence-corrected chi connectivity index (χ3v) is 4.75. The molecule has 1 heterocycles. The molecule has 3 atom stereocenters. The zero-order chi connectivity index (χ0) is 18.3. The van der Waals surface area contributed by atoms with Gasteiger partial charge >= 0.3 is 12.1 Å². The van der Waals surface area contributed by atoms with Crippen molar-refractivity contribution >= 4 is 18.0 Å². The van der Waals surface area contributed by atoms with Crippen molar-refractivity contribution in [1.82, 2.24) is 15.1 Å². The number of primary amides is 1. The number of nitrogens with zero attached hydrogens (tertiary/aromatic N) is 2. The Labute approximate surface area is 142 Å². The van der Waals surface area contributed by atoms with Gasteiger partial charge in [-0.2, -0.15) is 0 Å². The van der Waals surface area contributed by atoms with E-state index in [-0.39, 0.29) is 6.04 Å². The molecule has 0 saturated carbocycles. The molecule has 2 unspecified atom stereocenters. The van der Waals surface area contributed by atoms with Gasteiger partial charge in [0.2, 0.25) is 5.91 Å². The Morgan fingerprint density at radius 2 is 2.00 bits per heavy atom. The second-order valence-corrected chi connectivity index (χ2v) is 7.70. The van der Waals surface area contributed by atoms with Crippen molar-refractivity contribution in [1.29, 1.82) is 0 Å². The summed E-state index contributed by atoms with van der Waals surface area (Å²) in [6, 6.07) is -2.09. The summed E-state index contributed by atoms with van der Waals surface area (Å²) in [5, 5.41) is 2.64. The molecule has 0 radical (unpaired) electrons. The van der Waals surface area contributed by atoms with Gasteiger partial charge in [0, 0.05) is 7.05 Å². The molecule has 1 fully saturated rings. The zero-order valence-corrected chi connectivity index (χ0v) is 14.9. The van der Waals surface area contributed by atoms with Gasteiger partial charge in [0.25, 0.3) is 0 Å². The lowest BCUT2D eigenvalue weighted by Crippen LogP contribution is -2.60. The summed E-state index contributed by atoms with van der Waals surface area (Å²) in [6.45, 7) is 7.29. The molecule has 0 spiro atoms. The first kappa shape index (κ1) is 18.0. The predicted molar refractivity (Wildman–Crippen MR) is 91.1 cm³/mol. The zero-order valence-electron chi connectivity index (χ0n) is 14.9. The van der Waals surface area contributed by atoms with Crippen molar-refractivity contribution in [3.05, 3.63) is 24.3 Å². The molecule has 24 heavy (non-hydrogen) atoms. The van der Waals surface area contributed by atoms with Crippen LogP contribution >= 0.6 is 0 Å². The first-order chi connectivity index (χ1) is 11.0. The largest absolute Gasteiger partial charge is 0.368 e. The summed E-state index contributed by atoms with van der Waals surface area (Å²) < 4.78 is 0. The fourth-order valence-corrected chi connectivity index (χ4v) is 3.37. The number of likely N-dealkylation sites (N-methyl/N-ethyl adjacent to an activating group) is 1. The maximum absolute atomic E-state index is 12.8. The number of nitrogens with two attached hydrogens (primary N) is 1. The SMILES string of the molecule is CN1C(=O)N(C(=O)N[C@H](C(N)=O)C(C)(C)C)C2(C)CC=CC=CC12. The highest BCUT2D eigenvalue weighted by atomic mass is 16.2. The number of fused-ring (bicyclic) bond motifs is 1. The van der Waals surface area contributed by atoms with E-state index in [0.29, 0.717) is 6.42 Å². The van der Waals surface area contributed by atoms with Crippen LogP contribution in [0, 0.1) is 5.41 Å². The average molecular weight is 334 g/mol. The molecule has 7 heteroatoms. The highest BCUT2D eigenvalue weighted by Gasteiger charge is 2.55. The van der Waals surface area contributed by atoms with E-state index in [1.54, 1.807) is 11.9 Å². The molecular formula is C17H26N4O3. The van der Waals surface area contributed by atoms with Gasteiger partial charge in [-0.05, 0) is 18.8 Å². The number of rotatable bonds is 2. The number of nitrogens with one attached hydrogen (secondary N) is 1. The van der Waals surface area contributed by atoms with Crippen LogP contribution in [0.2, 0.25) is 0 Å². The lowest BCUT2D eigenvalue weighted by atomic mass is 9.86. The lowest BCUT2D eigenvalue weighted by molar-refractivity contribution is -0.122. The van der Waals surface area contributed by atoms with Crippen LogP contribution in [0.5, 0.6) is 0 Å².